The number of nitrogens with zero attached hydrogens (tertiary/aromatic N) is 1. The Kier molecular flexibility index (Phi) is 4.59. The number of hydrogen-bond donors (Lipinski definition) is 0. The van der Waals surface area contributed by atoms with Crippen molar-refractivity contribution in [2.75, 3.05) is 13.1 Å². The zero-order valence-electron chi connectivity index (χ0n) is 13.9. The summed E-state index contributed by atoms with van der Waals surface area (Å²) in [6, 6.07) is 3.70. The second kappa shape index (κ2) is 5.98. The molecule has 0 aromatic heterocycles. The third-order valence-corrected chi connectivity index (χ3v) is 5.42. The van der Waals surface area contributed by atoms with Crippen LogP contribution in [0.3, 0.4) is 0 Å². The fourth-order valence-corrected chi connectivity index (χ4v) is 2.96. The van der Waals surface area contributed by atoms with Gasteiger partial charge in [0.1, 0.15) is 11.6 Å². The summed E-state index contributed by atoms with van der Waals surface area (Å²) in [5.41, 5.74) is 0.240. The number of carbonyl (C=O) groups is 1. The lowest BCUT2D eigenvalue weighted by atomic mass is 9.63. The first kappa shape index (κ1) is 16.9. The fraction of sp³-hybridized carbons (Fsp3) is 0.611. The minimum atomic E-state index is -0.648. The van der Waals surface area contributed by atoms with Crippen molar-refractivity contribution < 1.29 is 13.6 Å². The summed E-state index contributed by atoms with van der Waals surface area (Å²) in [6.45, 7) is 10.2. The molecule has 1 fully saturated rings. The van der Waals surface area contributed by atoms with Gasteiger partial charge in [-0.25, -0.2) is 8.78 Å². The number of benzene rings is 1. The van der Waals surface area contributed by atoms with Crippen LogP contribution in [-0.4, -0.2) is 23.9 Å². The van der Waals surface area contributed by atoms with E-state index in [1.165, 1.54) is 18.2 Å². The van der Waals surface area contributed by atoms with Crippen LogP contribution in [0.15, 0.2) is 18.2 Å². The number of likely N-dealkylation sites (tertiary alicyclic amines) is 1. The molecule has 1 amide bonds. The molecule has 1 heterocycles. The highest BCUT2D eigenvalue weighted by molar-refractivity contribution is 5.79. The van der Waals surface area contributed by atoms with Crippen molar-refractivity contribution in [1.29, 1.82) is 0 Å². The first-order chi connectivity index (χ1) is 10.1. The van der Waals surface area contributed by atoms with Gasteiger partial charge in [-0.2, -0.15) is 0 Å². The molecule has 0 spiro atoms. The van der Waals surface area contributed by atoms with Crippen LogP contribution in [0.25, 0.3) is 0 Å². The van der Waals surface area contributed by atoms with Gasteiger partial charge in [0, 0.05) is 18.7 Å². The van der Waals surface area contributed by atoms with Gasteiger partial charge in [-0.3, -0.25) is 4.79 Å². The summed E-state index contributed by atoms with van der Waals surface area (Å²) < 4.78 is 27.3. The van der Waals surface area contributed by atoms with Crippen molar-refractivity contribution in [3.05, 3.63) is 35.4 Å². The van der Waals surface area contributed by atoms with Crippen LogP contribution < -0.4 is 0 Å². The van der Waals surface area contributed by atoms with Gasteiger partial charge in [-0.05, 0) is 35.8 Å². The summed E-state index contributed by atoms with van der Waals surface area (Å²) in [4.78, 5) is 14.1. The number of rotatable bonds is 2. The molecule has 0 N–H and O–H groups in total. The average Bonchev–Trinajstić information content (AvgIpc) is 2.42. The molecular formula is C18H25F2NO. The first-order valence-corrected chi connectivity index (χ1v) is 7.85. The molecule has 122 valence electrons. The smallest absolute Gasteiger partial charge is 0.227 e. The average molecular weight is 309 g/mol. The Morgan fingerprint density at radius 2 is 1.68 bits per heavy atom. The van der Waals surface area contributed by atoms with E-state index in [-0.39, 0.29) is 28.7 Å². The van der Waals surface area contributed by atoms with Gasteiger partial charge < -0.3 is 4.90 Å². The summed E-state index contributed by atoms with van der Waals surface area (Å²) in [7, 11) is 0. The van der Waals surface area contributed by atoms with Crippen LogP contribution in [-0.2, 0) is 11.2 Å². The largest absolute Gasteiger partial charge is 0.342 e. The summed E-state index contributed by atoms with van der Waals surface area (Å²) in [5, 5.41) is 0. The van der Waals surface area contributed by atoms with E-state index in [0.717, 1.165) is 12.8 Å². The summed E-state index contributed by atoms with van der Waals surface area (Å²) in [5.74, 6) is -1.49. The molecule has 1 aliphatic rings. The molecule has 1 aromatic rings. The minimum Gasteiger partial charge on any atom is -0.342 e. The molecule has 0 unspecified atom stereocenters. The van der Waals surface area contributed by atoms with E-state index in [2.05, 4.69) is 27.7 Å². The highest BCUT2D eigenvalue weighted by atomic mass is 19.1. The molecular weight excluding hydrogens is 284 g/mol. The second-order valence-corrected chi connectivity index (χ2v) is 7.57. The molecule has 1 aromatic carbocycles. The van der Waals surface area contributed by atoms with Gasteiger partial charge in [0.05, 0.1) is 6.42 Å². The zero-order chi connectivity index (χ0) is 16.5. The van der Waals surface area contributed by atoms with E-state index in [9.17, 15) is 13.6 Å². The number of carbonyl (C=O) groups excluding carboxylic acids is 1. The van der Waals surface area contributed by atoms with E-state index in [0.29, 0.717) is 13.1 Å². The van der Waals surface area contributed by atoms with E-state index in [1.807, 2.05) is 0 Å². The third-order valence-electron chi connectivity index (χ3n) is 5.42. The van der Waals surface area contributed by atoms with Crippen LogP contribution in [0, 0.1) is 22.5 Å². The number of amides is 1. The van der Waals surface area contributed by atoms with E-state index >= 15 is 0 Å². The Morgan fingerprint density at radius 1 is 1.18 bits per heavy atom. The standard InChI is InChI=1S/C18H25F2NO/c1-17(2,3)18(4)8-10-21(11-9-18)16(22)12-13-14(19)6-5-7-15(13)20/h5-7H,8-12H2,1-4H3. The highest BCUT2D eigenvalue weighted by Crippen LogP contribution is 2.46. The van der Waals surface area contributed by atoms with E-state index in [4.69, 9.17) is 0 Å². The zero-order valence-corrected chi connectivity index (χ0v) is 13.9. The lowest BCUT2D eigenvalue weighted by Gasteiger charge is -2.47. The highest BCUT2D eigenvalue weighted by Gasteiger charge is 2.40. The second-order valence-electron chi connectivity index (χ2n) is 7.57. The Morgan fingerprint density at radius 3 is 2.14 bits per heavy atom. The van der Waals surface area contributed by atoms with Crippen molar-refractivity contribution in [3.8, 4) is 0 Å². The van der Waals surface area contributed by atoms with Crippen molar-refractivity contribution in [2.24, 2.45) is 10.8 Å². The number of piperidine rings is 1. The van der Waals surface area contributed by atoms with Gasteiger partial charge in [-0.1, -0.05) is 33.8 Å². The molecule has 0 aliphatic carbocycles. The molecule has 0 bridgehead atoms. The summed E-state index contributed by atoms with van der Waals surface area (Å²) >= 11 is 0. The van der Waals surface area contributed by atoms with Gasteiger partial charge in [0.2, 0.25) is 5.91 Å². The van der Waals surface area contributed by atoms with E-state index in [1.54, 1.807) is 4.90 Å². The maximum absolute atomic E-state index is 13.6. The van der Waals surface area contributed by atoms with E-state index < -0.39 is 11.6 Å². The maximum atomic E-state index is 13.6. The molecule has 4 heteroatoms. The van der Waals surface area contributed by atoms with Crippen LogP contribution in [0.4, 0.5) is 8.78 Å². The number of hydrogen-bond acceptors (Lipinski definition) is 1. The predicted octanol–water partition coefficient (Wildman–Crippen LogP) is 4.18. The predicted molar refractivity (Wildman–Crippen MR) is 83.4 cm³/mol. The Labute approximate surface area is 131 Å². The molecule has 2 rings (SSSR count). The van der Waals surface area contributed by atoms with Crippen LogP contribution in [0.2, 0.25) is 0 Å². The Balaban J connectivity index is 2.02. The molecule has 1 saturated heterocycles. The lowest BCUT2D eigenvalue weighted by molar-refractivity contribution is -0.134. The molecule has 2 nitrogen and oxygen atoms in total. The van der Waals surface area contributed by atoms with Gasteiger partial charge in [0.15, 0.2) is 0 Å². The van der Waals surface area contributed by atoms with Gasteiger partial charge in [-0.15, -0.1) is 0 Å². The third kappa shape index (κ3) is 3.31. The van der Waals surface area contributed by atoms with Crippen LogP contribution >= 0.6 is 0 Å². The molecule has 1 aliphatic heterocycles. The molecule has 0 atom stereocenters. The Bertz CT molecular complexity index is 534. The molecule has 0 radical (unpaired) electrons. The molecule has 22 heavy (non-hydrogen) atoms. The first-order valence-electron chi connectivity index (χ1n) is 7.85. The quantitative estimate of drug-likeness (QED) is 0.802. The van der Waals surface area contributed by atoms with Crippen LogP contribution in [0.1, 0.15) is 46.1 Å². The van der Waals surface area contributed by atoms with Gasteiger partial charge in [0.25, 0.3) is 0 Å². The number of halogens is 2. The summed E-state index contributed by atoms with van der Waals surface area (Å²) in [6.07, 6.45) is 1.63. The Hall–Kier alpha value is -1.45. The van der Waals surface area contributed by atoms with Crippen molar-refractivity contribution in [3.63, 3.8) is 0 Å². The molecule has 0 saturated carbocycles. The minimum absolute atomic E-state index is 0.128. The van der Waals surface area contributed by atoms with Gasteiger partial charge >= 0.3 is 0 Å². The maximum Gasteiger partial charge on any atom is 0.227 e. The van der Waals surface area contributed by atoms with Crippen LogP contribution in [0.5, 0.6) is 0 Å². The monoisotopic (exact) mass is 309 g/mol. The lowest BCUT2D eigenvalue weighted by Crippen LogP contribution is -2.47. The van der Waals surface area contributed by atoms with Crippen molar-refractivity contribution >= 4 is 5.91 Å². The SMILES string of the molecule is CC(C)(C)C1(C)CCN(C(=O)Cc2c(F)cccc2F)CC1. The van der Waals surface area contributed by atoms with Crippen molar-refractivity contribution in [2.45, 2.75) is 47.0 Å². The fourth-order valence-electron chi connectivity index (χ4n) is 2.96. The normalized spacial score (nSPS) is 18.4. The van der Waals surface area contributed by atoms with Crippen molar-refractivity contribution in [1.82, 2.24) is 4.90 Å². The topological polar surface area (TPSA) is 20.3 Å².